The number of thioether (sulfide) groups is 1. The summed E-state index contributed by atoms with van der Waals surface area (Å²) in [6, 6.07) is 20.2. The Morgan fingerprint density at radius 1 is 0.725 bits per heavy atom. The summed E-state index contributed by atoms with van der Waals surface area (Å²) in [6.07, 6.45) is -0.525. The zero-order valence-electron chi connectivity index (χ0n) is 22.9. The number of esters is 2. The van der Waals surface area contributed by atoms with Crippen LogP contribution in [0.1, 0.15) is 54.0 Å². The van der Waals surface area contributed by atoms with Crippen LogP contribution in [0.5, 0.6) is 0 Å². The molecule has 206 valence electrons. The normalized spacial score (nSPS) is 13.3. The molecule has 8 nitrogen and oxygen atoms in total. The van der Waals surface area contributed by atoms with Gasteiger partial charge in [-0.15, -0.1) is 0 Å². The van der Waals surface area contributed by atoms with Gasteiger partial charge in [-0.25, -0.2) is 14.5 Å². The highest BCUT2D eigenvalue weighted by atomic mass is 32.2. The minimum Gasteiger partial charge on any atom is -0.459 e. The molecule has 3 aromatic rings. The predicted octanol–water partition coefficient (Wildman–Crippen LogP) is 6.11. The first-order chi connectivity index (χ1) is 19.0. The van der Waals surface area contributed by atoms with Crippen molar-refractivity contribution < 1.29 is 28.7 Å². The molecule has 1 N–H and O–H groups in total. The minimum atomic E-state index is -0.541. The highest BCUT2D eigenvalue weighted by molar-refractivity contribution is 8.04. The van der Waals surface area contributed by atoms with Crippen LogP contribution in [0.2, 0.25) is 0 Å². The van der Waals surface area contributed by atoms with Crippen LogP contribution >= 0.6 is 11.8 Å². The van der Waals surface area contributed by atoms with E-state index in [9.17, 15) is 19.2 Å². The summed E-state index contributed by atoms with van der Waals surface area (Å²) in [5, 5.41) is 3.08. The SMILES string of the molecule is Cc1ccc(SC2=C(Nc3ccc(C(=O)OC(C)C)cc3)C(=O)N(c3ccc(C(=O)OC(C)C)cc3)C2=O)cc1. The second-order valence-electron chi connectivity index (χ2n) is 9.72. The summed E-state index contributed by atoms with van der Waals surface area (Å²) in [7, 11) is 0. The zero-order chi connectivity index (χ0) is 29.0. The molecule has 1 heterocycles. The molecule has 0 radical (unpaired) electrons. The Balaban J connectivity index is 1.64. The minimum absolute atomic E-state index is 0.108. The largest absolute Gasteiger partial charge is 0.459 e. The average Bonchev–Trinajstić information content (AvgIpc) is 3.13. The third-order valence-corrected chi connectivity index (χ3v) is 6.81. The van der Waals surface area contributed by atoms with Gasteiger partial charge in [-0.1, -0.05) is 29.5 Å². The lowest BCUT2D eigenvalue weighted by atomic mass is 10.2. The molecule has 2 amide bonds. The van der Waals surface area contributed by atoms with Gasteiger partial charge in [0, 0.05) is 10.6 Å². The number of ether oxygens (including phenoxy) is 2. The number of anilines is 2. The molecular formula is C31H30N2O6S. The molecule has 0 fully saturated rings. The Bertz CT molecular complexity index is 1460. The molecular weight excluding hydrogens is 528 g/mol. The van der Waals surface area contributed by atoms with Gasteiger partial charge in [0.05, 0.1) is 29.0 Å². The molecule has 0 spiro atoms. The van der Waals surface area contributed by atoms with Gasteiger partial charge in [0.2, 0.25) is 0 Å². The summed E-state index contributed by atoms with van der Waals surface area (Å²) in [4.78, 5) is 53.8. The third kappa shape index (κ3) is 6.60. The number of amides is 2. The molecule has 0 unspecified atom stereocenters. The van der Waals surface area contributed by atoms with Crippen LogP contribution in [0.15, 0.2) is 88.3 Å². The molecule has 0 aliphatic carbocycles. The highest BCUT2D eigenvalue weighted by Gasteiger charge is 2.40. The Labute approximate surface area is 237 Å². The van der Waals surface area contributed by atoms with E-state index >= 15 is 0 Å². The molecule has 3 aromatic carbocycles. The number of aryl methyl sites for hydroxylation is 1. The number of imide groups is 1. The van der Waals surface area contributed by atoms with Crippen LogP contribution in [-0.2, 0) is 19.1 Å². The zero-order valence-corrected chi connectivity index (χ0v) is 23.7. The van der Waals surface area contributed by atoms with Crippen molar-refractivity contribution in [2.24, 2.45) is 0 Å². The lowest BCUT2D eigenvalue weighted by molar-refractivity contribution is -0.120. The summed E-state index contributed by atoms with van der Waals surface area (Å²) in [5.41, 5.74) is 2.70. The van der Waals surface area contributed by atoms with Crippen LogP contribution in [0.25, 0.3) is 0 Å². The van der Waals surface area contributed by atoms with Gasteiger partial charge in [0.1, 0.15) is 10.6 Å². The second kappa shape index (κ2) is 12.2. The van der Waals surface area contributed by atoms with Crippen LogP contribution in [0, 0.1) is 6.92 Å². The number of hydrogen-bond donors (Lipinski definition) is 1. The number of hydrogen-bond acceptors (Lipinski definition) is 8. The predicted molar refractivity (Wildman–Crippen MR) is 154 cm³/mol. The number of carbonyl (C=O) groups excluding carboxylic acids is 4. The van der Waals surface area contributed by atoms with E-state index in [1.165, 1.54) is 23.9 Å². The van der Waals surface area contributed by atoms with E-state index in [1.807, 2.05) is 31.2 Å². The first-order valence-corrected chi connectivity index (χ1v) is 13.6. The van der Waals surface area contributed by atoms with Crippen LogP contribution in [-0.4, -0.2) is 36.0 Å². The Hall–Kier alpha value is -4.37. The Kier molecular flexibility index (Phi) is 8.74. The molecule has 1 aliphatic heterocycles. The van der Waals surface area contributed by atoms with Gasteiger partial charge in [0.15, 0.2) is 0 Å². The van der Waals surface area contributed by atoms with Gasteiger partial charge < -0.3 is 14.8 Å². The molecule has 0 atom stereocenters. The van der Waals surface area contributed by atoms with E-state index in [-0.39, 0.29) is 22.8 Å². The van der Waals surface area contributed by atoms with Crippen LogP contribution < -0.4 is 10.2 Å². The average molecular weight is 559 g/mol. The quantitative estimate of drug-likeness (QED) is 0.248. The fourth-order valence-electron chi connectivity index (χ4n) is 3.82. The Morgan fingerprint density at radius 3 is 1.73 bits per heavy atom. The maximum atomic E-state index is 13.6. The molecule has 4 rings (SSSR count). The lowest BCUT2D eigenvalue weighted by Gasteiger charge is -2.16. The van der Waals surface area contributed by atoms with E-state index in [2.05, 4.69) is 5.32 Å². The topological polar surface area (TPSA) is 102 Å². The highest BCUT2D eigenvalue weighted by Crippen LogP contribution is 2.38. The van der Waals surface area contributed by atoms with Crippen molar-refractivity contribution in [2.45, 2.75) is 51.7 Å². The first-order valence-electron chi connectivity index (χ1n) is 12.8. The van der Waals surface area contributed by atoms with Gasteiger partial charge in [-0.3, -0.25) is 9.59 Å². The van der Waals surface area contributed by atoms with Gasteiger partial charge >= 0.3 is 11.9 Å². The number of carbonyl (C=O) groups is 4. The van der Waals surface area contributed by atoms with Gasteiger partial charge in [0.25, 0.3) is 11.8 Å². The van der Waals surface area contributed by atoms with Crippen LogP contribution in [0.4, 0.5) is 11.4 Å². The molecule has 0 aromatic heterocycles. The lowest BCUT2D eigenvalue weighted by Crippen LogP contribution is -2.32. The van der Waals surface area contributed by atoms with Crippen molar-refractivity contribution >= 4 is 46.9 Å². The van der Waals surface area contributed by atoms with E-state index in [0.717, 1.165) is 15.4 Å². The van der Waals surface area contributed by atoms with Crippen molar-refractivity contribution in [3.8, 4) is 0 Å². The molecule has 1 aliphatic rings. The molecule has 40 heavy (non-hydrogen) atoms. The van der Waals surface area contributed by atoms with Crippen molar-refractivity contribution in [1.29, 1.82) is 0 Å². The maximum Gasteiger partial charge on any atom is 0.338 e. The maximum absolute atomic E-state index is 13.6. The van der Waals surface area contributed by atoms with E-state index in [0.29, 0.717) is 22.5 Å². The fraction of sp³-hybridized carbons (Fsp3) is 0.226. The fourth-order valence-corrected chi connectivity index (χ4v) is 4.74. The van der Waals surface area contributed by atoms with Crippen LogP contribution in [0.3, 0.4) is 0 Å². The summed E-state index contributed by atoms with van der Waals surface area (Å²) in [5.74, 6) is -1.97. The number of nitrogens with zero attached hydrogens (tertiary/aromatic N) is 1. The Morgan fingerprint density at radius 2 is 1.23 bits per heavy atom. The standard InChI is InChI=1S/C31H30N2O6S/c1-18(2)38-30(36)21-8-12-23(13-9-21)32-26-27(40-25-16-6-20(5)7-17-25)29(35)33(28(26)34)24-14-10-22(11-15-24)31(37)39-19(3)4/h6-19,32H,1-5H3. The van der Waals surface area contributed by atoms with E-state index in [1.54, 1.807) is 64.1 Å². The van der Waals surface area contributed by atoms with Crippen molar-refractivity contribution in [3.63, 3.8) is 0 Å². The van der Waals surface area contributed by atoms with Crippen molar-refractivity contribution in [1.82, 2.24) is 0 Å². The smallest absolute Gasteiger partial charge is 0.338 e. The number of nitrogens with one attached hydrogen (secondary N) is 1. The summed E-state index contributed by atoms with van der Waals surface area (Å²) < 4.78 is 10.5. The molecule has 0 bridgehead atoms. The van der Waals surface area contributed by atoms with Crippen molar-refractivity contribution in [3.05, 3.63) is 100 Å². The monoisotopic (exact) mass is 558 g/mol. The van der Waals surface area contributed by atoms with E-state index in [4.69, 9.17) is 9.47 Å². The van der Waals surface area contributed by atoms with Gasteiger partial charge in [-0.2, -0.15) is 0 Å². The molecule has 0 saturated heterocycles. The first kappa shape index (κ1) is 28.6. The number of benzene rings is 3. The molecule has 0 saturated carbocycles. The second-order valence-corrected chi connectivity index (χ2v) is 10.8. The summed E-state index contributed by atoms with van der Waals surface area (Å²) >= 11 is 1.18. The van der Waals surface area contributed by atoms with E-state index < -0.39 is 23.8 Å². The van der Waals surface area contributed by atoms with Gasteiger partial charge in [-0.05, 0) is 95.3 Å². The third-order valence-electron chi connectivity index (χ3n) is 5.72. The van der Waals surface area contributed by atoms with Crippen molar-refractivity contribution in [2.75, 3.05) is 10.2 Å². The molecule has 9 heteroatoms. The summed E-state index contributed by atoms with van der Waals surface area (Å²) in [6.45, 7) is 9.02. The number of rotatable bonds is 9.